The van der Waals surface area contributed by atoms with E-state index in [-0.39, 0.29) is 21.5 Å². The summed E-state index contributed by atoms with van der Waals surface area (Å²) in [5.74, 6) is -0.450. The van der Waals surface area contributed by atoms with E-state index in [4.69, 9.17) is 29.6 Å². The van der Waals surface area contributed by atoms with Crippen molar-refractivity contribution in [3.63, 3.8) is 0 Å². The molecule has 4 N–H and O–H groups in total. The van der Waals surface area contributed by atoms with E-state index in [0.29, 0.717) is 5.56 Å². The van der Waals surface area contributed by atoms with Crippen molar-refractivity contribution in [3.8, 4) is 0 Å². The number of nitrogens with one attached hydrogen (secondary N) is 2. The number of carbonyl (C=O) groups excluding carboxylic acids is 1. The quantitative estimate of drug-likeness (QED) is 0.663. The average Bonchev–Trinajstić information content (AvgIpc) is 2.35. The second kappa shape index (κ2) is 6.29. The van der Waals surface area contributed by atoms with Crippen LogP contribution in [0.1, 0.15) is 5.56 Å². The van der Waals surface area contributed by atoms with Gasteiger partial charge in [0.15, 0.2) is 0 Å². The van der Waals surface area contributed by atoms with Gasteiger partial charge in [-0.2, -0.15) is 0 Å². The predicted molar refractivity (Wildman–Crippen MR) is 76.6 cm³/mol. The molecule has 1 aromatic carbocycles. The summed E-state index contributed by atoms with van der Waals surface area (Å²) in [6, 6.07) is 3.95. The first kappa shape index (κ1) is 15.8. The Bertz CT molecular complexity index is 616. The maximum absolute atomic E-state index is 11.9. The Morgan fingerprint density at radius 2 is 2.11 bits per heavy atom. The molecule has 0 saturated heterocycles. The third kappa shape index (κ3) is 4.13. The molecular formula is C10H12ClN3O3S2. The second-order valence-corrected chi connectivity index (χ2v) is 6.12. The van der Waals surface area contributed by atoms with Crippen molar-refractivity contribution in [3.05, 3.63) is 28.8 Å². The first-order chi connectivity index (χ1) is 8.77. The minimum Gasteiger partial charge on any atom is -0.389 e. The summed E-state index contributed by atoms with van der Waals surface area (Å²) in [7, 11) is -2.40. The van der Waals surface area contributed by atoms with Gasteiger partial charge in [0.1, 0.15) is 4.99 Å². The number of carbonyl (C=O) groups is 1. The highest BCUT2D eigenvalue weighted by atomic mass is 35.5. The molecule has 0 unspecified atom stereocenters. The fraction of sp³-hybridized carbons (Fsp3) is 0.200. The molecule has 0 saturated carbocycles. The van der Waals surface area contributed by atoms with E-state index in [1.807, 2.05) is 0 Å². The number of amides is 1. The van der Waals surface area contributed by atoms with Crippen LogP contribution in [-0.4, -0.2) is 32.9 Å². The number of benzene rings is 1. The Labute approximate surface area is 121 Å². The number of thiocarbonyl (C=S) groups is 1. The Morgan fingerprint density at radius 3 is 2.58 bits per heavy atom. The van der Waals surface area contributed by atoms with E-state index < -0.39 is 15.9 Å². The predicted octanol–water partition coefficient (Wildman–Crippen LogP) is -0.00150. The van der Waals surface area contributed by atoms with E-state index in [2.05, 4.69) is 10.0 Å². The standard InChI is InChI=1S/C10H12ClN3O3S2/c1-13-9(15)5-14-19(16,17)6-2-3-7(10(12)18)8(11)4-6/h2-4,14H,5H2,1H3,(H2,12,18)(H,13,15). The van der Waals surface area contributed by atoms with Crippen LogP contribution in [0.2, 0.25) is 5.02 Å². The summed E-state index contributed by atoms with van der Waals surface area (Å²) < 4.78 is 25.9. The minimum absolute atomic E-state index is 0.0681. The molecule has 0 aliphatic rings. The van der Waals surface area contributed by atoms with Crippen molar-refractivity contribution in [2.24, 2.45) is 5.73 Å². The lowest BCUT2D eigenvalue weighted by Crippen LogP contribution is -2.35. The Hall–Kier alpha value is -1.22. The number of sulfonamides is 1. The van der Waals surface area contributed by atoms with Crippen LogP contribution in [0, 0.1) is 0 Å². The molecule has 104 valence electrons. The number of hydrogen-bond acceptors (Lipinski definition) is 4. The monoisotopic (exact) mass is 321 g/mol. The third-order valence-corrected chi connectivity index (χ3v) is 4.15. The van der Waals surface area contributed by atoms with Gasteiger partial charge in [0.2, 0.25) is 15.9 Å². The highest BCUT2D eigenvalue weighted by molar-refractivity contribution is 7.89. The van der Waals surface area contributed by atoms with Crippen molar-refractivity contribution in [1.82, 2.24) is 10.0 Å². The van der Waals surface area contributed by atoms with Gasteiger partial charge in [-0.05, 0) is 18.2 Å². The molecule has 1 rings (SSSR count). The summed E-state index contributed by atoms with van der Waals surface area (Å²) in [6.45, 7) is -0.354. The van der Waals surface area contributed by atoms with Crippen molar-refractivity contribution < 1.29 is 13.2 Å². The van der Waals surface area contributed by atoms with Crippen molar-refractivity contribution >= 4 is 44.7 Å². The van der Waals surface area contributed by atoms with Gasteiger partial charge in [0.25, 0.3) is 0 Å². The molecule has 19 heavy (non-hydrogen) atoms. The molecule has 0 heterocycles. The zero-order chi connectivity index (χ0) is 14.6. The average molecular weight is 322 g/mol. The van der Waals surface area contributed by atoms with Crippen LogP contribution in [0.25, 0.3) is 0 Å². The largest absolute Gasteiger partial charge is 0.389 e. The fourth-order valence-electron chi connectivity index (χ4n) is 1.20. The van der Waals surface area contributed by atoms with Crippen LogP contribution >= 0.6 is 23.8 Å². The zero-order valence-corrected chi connectivity index (χ0v) is 12.3. The van der Waals surface area contributed by atoms with E-state index in [9.17, 15) is 13.2 Å². The Morgan fingerprint density at radius 1 is 1.47 bits per heavy atom. The van der Waals surface area contributed by atoms with Crippen LogP contribution in [0.3, 0.4) is 0 Å². The van der Waals surface area contributed by atoms with Gasteiger partial charge in [0.05, 0.1) is 16.5 Å². The molecule has 0 fully saturated rings. The minimum atomic E-state index is -3.81. The number of likely N-dealkylation sites (N-methyl/N-ethyl adjacent to an activating group) is 1. The maximum Gasteiger partial charge on any atom is 0.241 e. The van der Waals surface area contributed by atoms with Gasteiger partial charge in [0, 0.05) is 12.6 Å². The second-order valence-electron chi connectivity index (χ2n) is 3.50. The Balaban J connectivity index is 3.00. The topological polar surface area (TPSA) is 101 Å². The van der Waals surface area contributed by atoms with Crippen LogP contribution in [0.15, 0.2) is 23.1 Å². The fourth-order valence-corrected chi connectivity index (χ4v) is 2.78. The van der Waals surface area contributed by atoms with Crippen LogP contribution in [0.4, 0.5) is 0 Å². The normalized spacial score (nSPS) is 11.1. The first-order valence-corrected chi connectivity index (χ1v) is 7.34. The SMILES string of the molecule is CNC(=O)CNS(=O)(=O)c1ccc(C(N)=S)c(Cl)c1. The molecule has 0 atom stereocenters. The summed E-state index contributed by atoms with van der Waals surface area (Å²) in [5.41, 5.74) is 5.81. The molecule has 0 aliphatic heterocycles. The van der Waals surface area contributed by atoms with Crippen LogP contribution < -0.4 is 15.8 Å². The molecule has 0 radical (unpaired) electrons. The molecule has 9 heteroatoms. The molecule has 1 amide bonds. The van der Waals surface area contributed by atoms with Crippen molar-refractivity contribution in [1.29, 1.82) is 0 Å². The number of halogens is 1. The van der Waals surface area contributed by atoms with Gasteiger partial charge in [-0.15, -0.1) is 0 Å². The summed E-state index contributed by atoms with van der Waals surface area (Å²) in [6.07, 6.45) is 0. The van der Waals surface area contributed by atoms with Crippen LogP contribution in [-0.2, 0) is 14.8 Å². The van der Waals surface area contributed by atoms with E-state index in [0.717, 1.165) is 0 Å². The number of rotatable bonds is 5. The van der Waals surface area contributed by atoms with E-state index in [1.165, 1.54) is 25.2 Å². The third-order valence-electron chi connectivity index (χ3n) is 2.22. The highest BCUT2D eigenvalue weighted by Crippen LogP contribution is 2.20. The van der Waals surface area contributed by atoms with Gasteiger partial charge >= 0.3 is 0 Å². The highest BCUT2D eigenvalue weighted by Gasteiger charge is 2.17. The molecule has 0 aromatic heterocycles. The lowest BCUT2D eigenvalue weighted by Gasteiger charge is -2.08. The van der Waals surface area contributed by atoms with Crippen LogP contribution in [0.5, 0.6) is 0 Å². The first-order valence-electron chi connectivity index (χ1n) is 5.07. The molecule has 0 bridgehead atoms. The lowest BCUT2D eigenvalue weighted by atomic mass is 10.2. The summed E-state index contributed by atoms with van der Waals surface area (Å²) in [5, 5.41) is 2.43. The zero-order valence-electron chi connectivity index (χ0n) is 9.94. The summed E-state index contributed by atoms with van der Waals surface area (Å²) >= 11 is 10.6. The van der Waals surface area contributed by atoms with Gasteiger partial charge in [-0.25, -0.2) is 13.1 Å². The number of hydrogen-bond donors (Lipinski definition) is 3. The smallest absolute Gasteiger partial charge is 0.241 e. The van der Waals surface area contributed by atoms with Gasteiger partial charge in [-0.1, -0.05) is 23.8 Å². The summed E-state index contributed by atoms with van der Waals surface area (Å²) in [4.78, 5) is 11.0. The molecule has 0 aliphatic carbocycles. The molecule has 6 nitrogen and oxygen atoms in total. The van der Waals surface area contributed by atoms with Crippen molar-refractivity contribution in [2.75, 3.05) is 13.6 Å². The molecule has 0 spiro atoms. The van der Waals surface area contributed by atoms with E-state index in [1.54, 1.807) is 0 Å². The molecule has 1 aromatic rings. The Kier molecular flexibility index (Phi) is 5.24. The van der Waals surface area contributed by atoms with Crippen molar-refractivity contribution in [2.45, 2.75) is 4.90 Å². The lowest BCUT2D eigenvalue weighted by molar-refractivity contribution is -0.119. The van der Waals surface area contributed by atoms with Gasteiger partial charge in [-0.3, -0.25) is 4.79 Å². The number of nitrogens with two attached hydrogens (primary N) is 1. The van der Waals surface area contributed by atoms with Gasteiger partial charge < -0.3 is 11.1 Å². The molecular weight excluding hydrogens is 310 g/mol. The van der Waals surface area contributed by atoms with E-state index >= 15 is 0 Å². The maximum atomic E-state index is 11.9.